The van der Waals surface area contributed by atoms with Crippen LogP contribution < -0.4 is 4.74 Å². The minimum atomic E-state index is -0.560. The molecule has 0 aliphatic rings. The van der Waals surface area contributed by atoms with Crippen molar-refractivity contribution in [3.05, 3.63) is 51.7 Å². The monoisotopic (exact) mass is 234 g/mol. The van der Waals surface area contributed by atoms with Crippen LogP contribution in [0, 0.1) is 6.92 Å². The predicted octanol–water partition coefficient (Wildman–Crippen LogP) is 3.15. The molecule has 2 rings (SSSR count). The van der Waals surface area contributed by atoms with Crippen LogP contribution >= 0.6 is 11.3 Å². The fourth-order valence-corrected chi connectivity index (χ4v) is 2.57. The van der Waals surface area contributed by atoms with Gasteiger partial charge in [-0.25, -0.2) is 0 Å². The summed E-state index contributed by atoms with van der Waals surface area (Å²) in [5.74, 6) is 0.769. The first-order valence-corrected chi connectivity index (χ1v) is 5.96. The third-order valence-electron chi connectivity index (χ3n) is 2.56. The third-order valence-corrected chi connectivity index (χ3v) is 3.63. The van der Waals surface area contributed by atoms with Crippen LogP contribution in [0.1, 0.15) is 22.1 Å². The maximum absolute atomic E-state index is 10.2. The SMILES string of the molecule is COc1cccc(C(O)c2sccc2C)c1. The molecule has 1 unspecified atom stereocenters. The lowest BCUT2D eigenvalue weighted by atomic mass is 10.1. The van der Waals surface area contributed by atoms with Crippen molar-refractivity contribution in [3.8, 4) is 5.75 Å². The summed E-state index contributed by atoms with van der Waals surface area (Å²) in [6.45, 7) is 2.01. The van der Waals surface area contributed by atoms with Crippen LogP contribution in [0.15, 0.2) is 35.7 Å². The van der Waals surface area contributed by atoms with Crippen LogP contribution in [0.5, 0.6) is 5.75 Å². The number of benzene rings is 1. The van der Waals surface area contributed by atoms with Gasteiger partial charge in [-0.3, -0.25) is 0 Å². The normalized spacial score (nSPS) is 12.4. The molecular weight excluding hydrogens is 220 g/mol. The Bertz CT molecular complexity index is 476. The zero-order valence-electron chi connectivity index (χ0n) is 9.31. The van der Waals surface area contributed by atoms with E-state index in [2.05, 4.69) is 0 Å². The van der Waals surface area contributed by atoms with Gasteiger partial charge in [0.1, 0.15) is 11.9 Å². The molecule has 0 radical (unpaired) electrons. The molecule has 0 saturated carbocycles. The first-order valence-electron chi connectivity index (χ1n) is 5.08. The maximum atomic E-state index is 10.2. The van der Waals surface area contributed by atoms with Crippen molar-refractivity contribution in [2.75, 3.05) is 7.11 Å². The maximum Gasteiger partial charge on any atom is 0.119 e. The van der Waals surface area contributed by atoms with Crippen molar-refractivity contribution in [2.45, 2.75) is 13.0 Å². The van der Waals surface area contributed by atoms with Crippen molar-refractivity contribution in [2.24, 2.45) is 0 Å². The second kappa shape index (κ2) is 4.68. The highest BCUT2D eigenvalue weighted by Crippen LogP contribution is 2.30. The Labute approximate surface area is 99.1 Å². The van der Waals surface area contributed by atoms with Gasteiger partial charge in [-0.2, -0.15) is 0 Å². The lowest BCUT2D eigenvalue weighted by molar-refractivity contribution is 0.223. The van der Waals surface area contributed by atoms with E-state index in [0.29, 0.717) is 0 Å². The molecule has 0 fully saturated rings. The van der Waals surface area contributed by atoms with E-state index in [1.807, 2.05) is 42.6 Å². The molecule has 0 amide bonds. The second-order valence-electron chi connectivity index (χ2n) is 3.65. The molecule has 0 bridgehead atoms. The summed E-state index contributed by atoms with van der Waals surface area (Å²) in [5, 5.41) is 12.2. The number of thiophene rings is 1. The van der Waals surface area contributed by atoms with E-state index in [4.69, 9.17) is 4.74 Å². The van der Waals surface area contributed by atoms with E-state index in [-0.39, 0.29) is 0 Å². The van der Waals surface area contributed by atoms with Gasteiger partial charge >= 0.3 is 0 Å². The lowest BCUT2D eigenvalue weighted by Crippen LogP contribution is -1.99. The van der Waals surface area contributed by atoms with Crippen molar-refractivity contribution >= 4 is 11.3 Å². The van der Waals surface area contributed by atoms with E-state index >= 15 is 0 Å². The Hall–Kier alpha value is -1.32. The van der Waals surface area contributed by atoms with Crippen molar-refractivity contribution < 1.29 is 9.84 Å². The first-order chi connectivity index (χ1) is 7.72. The quantitative estimate of drug-likeness (QED) is 0.884. The third kappa shape index (κ3) is 2.10. The number of aliphatic hydroxyl groups excluding tert-OH is 1. The lowest BCUT2D eigenvalue weighted by Gasteiger charge is -2.11. The van der Waals surface area contributed by atoms with E-state index < -0.39 is 6.10 Å². The van der Waals surface area contributed by atoms with Crippen LogP contribution in [0.25, 0.3) is 0 Å². The zero-order valence-corrected chi connectivity index (χ0v) is 10.1. The summed E-state index contributed by atoms with van der Waals surface area (Å²) >= 11 is 1.58. The summed E-state index contributed by atoms with van der Waals surface area (Å²) in [5.41, 5.74) is 1.99. The topological polar surface area (TPSA) is 29.5 Å². The Morgan fingerprint density at radius 3 is 2.75 bits per heavy atom. The number of aliphatic hydroxyl groups is 1. The van der Waals surface area contributed by atoms with Gasteiger partial charge in [-0.15, -0.1) is 11.3 Å². The first kappa shape index (κ1) is 11.2. The highest BCUT2D eigenvalue weighted by molar-refractivity contribution is 7.10. The van der Waals surface area contributed by atoms with Gasteiger partial charge < -0.3 is 9.84 Å². The predicted molar refractivity (Wildman–Crippen MR) is 66.1 cm³/mol. The van der Waals surface area contributed by atoms with Gasteiger partial charge in [-0.05, 0) is 41.6 Å². The molecule has 0 aliphatic heterocycles. The summed E-state index contributed by atoms with van der Waals surface area (Å²) in [6.07, 6.45) is -0.560. The molecule has 84 valence electrons. The number of methoxy groups -OCH3 is 1. The number of aryl methyl sites for hydroxylation is 1. The van der Waals surface area contributed by atoms with Crippen LogP contribution in [0.3, 0.4) is 0 Å². The molecule has 2 nitrogen and oxygen atoms in total. The van der Waals surface area contributed by atoms with Gasteiger partial charge in [0.15, 0.2) is 0 Å². The van der Waals surface area contributed by atoms with Gasteiger partial charge in [-0.1, -0.05) is 12.1 Å². The van der Waals surface area contributed by atoms with Crippen molar-refractivity contribution in [1.82, 2.24) is 0 Å². The fourth-order valence-electron chi connectivity index (χ4n) is 1.63. The van der Waals surface area contributed by atoms with Crippen molar-refractivity contribution in [1.29, 1.82) is 0 Å². The molecular formula is C13H14O2S. The smallest absolute Gasteiger partial charge is 0.119 e. The molecule has 1 aromatic carbocycles. The van der Waals surface area contributed by atoms with E-state index in [9.17, 15) is 5.11 Å². The minimum Gasteiger partial charge on any atom is -0.497 e. The van der Waals surface area contributed by atoms with Gasteiger partial charge in [0.2, 0.25) is 0 Å². The molecule has 2 aromatic rings. The van der Waals surface area contributed by atoms with Crippen LogP contribution in [-0.2, 0) is 0 Å². The number of ether oxygens (including phenoxy) is 1. The molecule has 1 N–H and O–H groups in total. The Morgan fingerprint density at radius 1 is 1.31 bits per heavy atom. The molecule has 0 aliphatic carbocycles. The molecule has 3 heteroatoms. The Balaban J connectivity index is 2.33. The van der Waals surface area contributed by atoms with E-state index in [1.54, 1.807) is 18.4 Å². The van der Waals surface area contributed by atoms with Crippen LogP contribution in [-0.4, -0.2) is 12.2 Å². The average molecular weight is 234 g/mol. The van der Waals surface area contributed by atoms with E-state index in [0.717, 1.165) is 21.8 Å². The van der Waals surface area contributed by atoms with Gasteiger partial charge in [0.25, 0.3) is 0 Å². The van der Waals surface area contributed by atoms with Crippen LogP contribution in [0.2, 0.25) is 0 Å². The second-order valence-corrected chi connectivity index (χ2v) is 4.59. The van der Waals surface area contributed by atoms with Gasteiger partial charge in [0, 0.05) is 4.88 Å². The molecule has 1 aromatic heterocycles. The number of hydrogen-bond acceptors (Lipinski definition) is 3. The number of hydrogen-bond donors (Lipinski definition) is 1. The highest BCUT2D eigenvalue weighted by Gasteiger charge is 2.14. The molecule has 1 atom stereocenters. The summed E-state index contributed by atoms with van der Waals surface area (Å²) in [4.78, 5) is 0.994. The molecule has 1 heterocycles. The Morgan fingerprint density at radius 2 is 2.12 bits per heavy atom. The summed E-state index contributed by atoms with van der Waals surface area (Å²) in [7, 11) is 1.63. The molecule has 0 saturated heterocycles. The van der Waals surface area contributed by atoms with Crippen molar-refractivity contribution in [3.63, 3.8) is 0 Å². The largest absolute Gasteiger partial charge is 0.497 e. The fraction of sp³-hybridized carbons (Fsp3) is 0.231. The standard InChI is InChI=1S/C13H14O2S/c1-9-6-7-16-13(9)12(14)10-4-3-5-11(8-10)15-2/h3-8,12,14H,1-2H3. The summed E-state index contributed by atoms with van der Waals surface area (Å²) in [6, 6.07) is 9.55. The Kier molecular flexibility index (Phi) is 3.27. The highest BCUT2D eigenvalue weighted by atomic mass is 32.1. The van der Waals surface area contributed by atoms with E-state index in [1.165, 1.54) is 0 Å². The summed E-state index contributed by atoms with van der Waals surface area (Å²) < 4.78 is 5.14. The van der Waals surface area contributed by atoms with Crippen LogP contribution in [0.4, 0.5) is 0 Å². The minimum absolute atomic E-state index is 0.560. The van der Waals surface area contributed by atoms with Gasteiger partial charge in [0.05, 0.1) is 7.11 Å². The molecule has 16 heavy (non-hydrogen) atoms. The zero-order chi connectivity index (χ0) is 11.5. The average Bonchev–Trinajstić information content (AvgIpc) is 2.74. The number of rotatable bonds is 3. The molecule has 0 spiro atoms.